The summed E-state index contributed by atoms with van der Waals surface area (Å²) in [4.78, 5) is 0. The summed E-state index contributed by atoms with van der Waals surface area (Å²) >= 11 is 0. The van der Waals surface area contributed by atoms with Crippen LogP contribution in [-0.2, 0) is 0 Å². The normalized spacial score (nSPS) is 13.4. The number of rotatable bonds is 2. The van der Waals surface area contributed by atoms with Gasteiger partial charge in [-0.1, -0.05) is 121 Å². The van der Waals surface area contributed by atoms with Gasteiger partial charge in [0.05, 0.1) is 0 Å². The van der Waals surface area contributed by atoms with Gasteiger partial charge in [-0.2, -0.15) is 0 Å². The first-order chi connectivity index (χ1) is 16.4. The van der Waals surface area contributed by atoms with Crippen LogP contribution < -0.4 is 0 Å². The van der Waals surface area contributed by atoms with E-state index in [-0.39, 0.29) is 0 Å². The van der Waals surface area contributed by atoms with Gasteiger partial charge in [0.2, 0.25) is 0 Å². The minimum Gasteiger partial charge on any atom is -0.0801 e. The zero-order chi connectivity index (χ0) is 21.8. The summed E-state index contributed by atoms with van der Waals surface area (Å²) in [6.07, 6.45) is 7.94. The highest BCUT2D eigenvalue weighted by Crippen LogP contribution is 2.56. The maximum Gasteiger partial charge on any atom is -0.000753 e. The molecule has 0 saturated carbocycles. The van der Waals surface area contributed by atoms with E-state index in [1.54, 1.807) is 0 Å². The Kier molecular flexibility index (Phi) is 4.01. The number of hydrogen-bond donors (Lipinski definition) is 0. The summed E-state index contributed by atoms with van der Waals surface area (Å²) in [5, 5.41) is 2.63. The molecule has 0 saturated heterocycles. The first-order valence-corrected chi connectivity index (χ1v) is 11.6. The molecule has 2 aliphatic carbocycles. The van der Waals surface area contributed by atoms with Gasteiger partial charge < -0.3 is 0 Å². The molecule has 0 amide bonds. The predicted octanol–water partition coefficient (Wildman–Crippen LogP) is 9.00. The van der Waals surface area contributed by atoms with Crippen LogP contribution in [0.4, 0.5) is 0 Å². The lowest BCUT2D eigenvalue weighted by Crippen LogP contribution is -1.95. The van der Waals surface area contributed by atoms with E-state index >= 15 is 0 Å². The molecule has 7 rings (SSSR count). The van der Waals surface area contributed by atoms with E-state index in [9.17, 15) is 0 Å². The average molecular weight is 419 g/mol. The van der Waals surface area contributed by atoms with Crippen LogP contribution in [0, 0.1) is 0 Å². The van der Waals surface area contributed by atoms with Crippen molar-refractivity contribution >= 4 is 22.4 Å². The van der Waals surface area contributed by atoms with E-state index in [0.717, 1.165) is 6.42 Å². The molecule has 2 aliphatic rings. The van der Waals surface area contributed by atoms with Crippen LogP contribution in [0.2, 0.25) is 0 Å². The number of benzene rings is 5. The van der Waals surface area contributed by atoms with E-state index in [0.29, 0.717) is 0 Å². The van der Waals surface area contributed by atoms with Gasteiger partial charge in [-0.15, -0.1) is 0 Å². The fourth-order valence-corrected chi connectivity index (χ4v) is 5.71. The van der Waals surface area contributed by atoms with Gasteiger partial charge in [-0.25, -0.2) is 0 Å². The molecule has 0 bridgehead atoms. The second-order valence-corrected chi connectivity index (χ2v) is 8.80. The highest BCUT2D eigenvalue weighted by atomic mass is 14.4. The Morgan fingerprint density at radius 2 is 1.06 bits per heavy atom. The van der Waals surface area contributed by atoms with Crippen molar-refractivity contribution in [2.75, 3.05) is 0 Å². The van der Waals surface area contributed by atoms with Gasteiger partial charge in [-0.3, -0.25) is 0 Å². The van der Waals surface area contributed by atoms with Crippen molar-refractivity contribution in [3.8, 4) is 33.4 Å². The molecule has 5 aromatic carbocycles. The number of hydrogen-bond acceptors (Lipinski definition) is 0. The Labute approximate surface area is 194 Å². The van der Waals surface area contributed by atoms with Crippen molar-refractivity contribution in [1.82, 2.24) is 0 Å². The molecule has 154 valence electrons. The van der Waals surface area contributed by atoms with Gasteiger partial charge >= 0.3 is 0 Å². The van der Waals surface area contributed by atoms with Crippen molar-refractivity contribution in [2.45, 2.75) is 6.42 Å². The fourth-order valence-electron chi connectivity index (χ4n) is 5.71. The van der Waals surface area contributed by atoms with Crippen LogP contribution in [0.3, 0.4) is 0 Å². The topological polar surface area (TPSA) is 0 Å². The van der Waals surface area contributed by atoms with Crippen molar-refractivity contribution < 1.29 is 0 Å². The first kappa shape index (κ1) is 18.4. The van der Waals surface area contributed by atoms with Crippen molar-refractivity contribution in [3.05, 3.63) is 132 Å². The van der Waals surface area contributed by atoms with Crippen molar-refractivity contribution in [1.29, 1.82) is 0 Å². The molecule has 0 fully saturated rings. The Bertz CT molecular complexity index is 1600. The molecule has 0 unspecified atom stereocenters. The van der Waals surface area contributed by atoms with E-state index in [1.165, 1.54) is 66.4 Å². The summed E-state index contributed by atoms with van der Waals surface area (Å²) < 4.78 is 0. The molecule has 0 spiro atoms. The van der Waals surface area contributed by atoms with E-state index < -0.39 is 0 Å². The highest BCUT2D eigenvalue weighted by molar-refractivity contribution is 6.21. The fraction of sp³-hybridized carbons (Fsp3) is 0.0303. The quantitative estimate of drug-likeness (QED) is 0.263. The second kappa shape index (κ2) is 7.18. The van der Waals surface area contributed by atoms with Crippen LogP contribution in [0.15, 0.2) is 115 Å². The molecule has 5 aromatic rings. The Morgan fingerprint density at radius 1 is 0.455 bits per heavy atom. The van der Waals surface area contributed by atoms with Crippen LogP contribution in [-0.4, -0.2) is 0 Å². The molecule has 0 nitrogen and oxygen atoms in total. The number of fused-ring (bicyclic) bond motifs is 4. The lowest BCUT2D eigenvalue weighted by atomic mass is 9.83. The third-order valence-corrected chi connectivity index (χ3v) is 7.00. The lowest BCUT2D eigenvalue weighted by Gasteiger charge is -2.20. The van der Waals surface area contributed by atoms with Crippen LogP contribution >= 0.6 is 0 Å². The maximum absolute atomic E-state index is 2.42. The molecule has 33 heavy (non-hydrogen) atoms. The molecule has 0 atom stereocenters. The highest BCUT2D eigenvalue weighted by Gasteiger charge is 2.33. The standard InChI is InChI=1S/C33H22/c1-3-12-23(13-4-1)30-25-18-9-10-19-26(25)31(24-14-5-2-6-15-24)33-28-21-11-17-22-16-7-8-20-27(29(22)28)32(30)33/h1-7,9-21H,8H2. The minimum absolute atomic E-state index is 0.949. The zero-order valence-electron chi connectivity index (χ0n) is 18.3. The largest absolute Gasteiger partial charge is 0.0801 e. The maximum atomic E-state index is 2.42. The van der Waals surface area contributed by atoms with E-state index in [4.69, 9.17) is 0 Å². The summed E-state index contributed by atoms with van der Waals surface area (Å²) in [7, 11) is 0. The zero-order valence-corrected chi connectivity index (χ0v) is 18.3. The third kappa shape index (κ3) is 2.64. The summed E-state index contributed by atoms with van der Waals surface area (Å²) in [6, 6.07) is 37.5. The van der Waals surface area contributed by atoms with Gasteiger partial charge in [0.25, 0.3) is 0 Å². The molecular formula is C33H22. The van der Waals surface area contributed by atoms with Crippen LogP contribution in [0.5, 0.6) is 0 Å². The molecule has 0 heterocycles. The summed E-state index contributed by atoms with van der Waals surface area (Å²) in [6.45, 7) is 0. The molecule has 0 radical (unpaired) electrons. The predicted molar refractivity (Wildman–Crippen MR) is 141 cm³/mol. The van der Waals surface area contributed by atoms with E-state index in [2.05, 4.69) is 121 Å². The minimum atomic E-state index is 0.949. The van der Waals surface area contributed by atoms with Gasteiger partial charge in [0.15, 0.2) is 0 Å². The summed E-state index contributed by atoms with van der Waals surface area (Å²) in [5.74, 6) is 0. The Hall–Kier alpha value is -4.16. The molecule has 0 aliphatic heterocycles. The van der Waals surface area contributed by atoms with Crippen molar-refractivity contribution in [2.24, 2.45) is 0 Å². The molecule has 0 heteroatoms. The molecular weight excluding hydrogens is 396 g/mol. The average Bonchev–Trinajstić information content (AvgIpc) is 3.05. The number of allylic oxidation sites excluding steroid dienone is 2. The van der Waals surface area contributed by atoms with Gasteiger partial charge in [-0.05, 0) is 72.8 Å². The van der Waals surface area contributed by atoms with Crippen LogP contribution in [0.25, 0.3) is 55.8 Å². The van der Waals surface area contributed by atoms with Gasteiger partial charge in [0, 0.05) is 0 Å². The monoisotopic (exact) mass is 418 g/mol. The lowest BCUT2D eigenvalue weighted by molar-refractivity contribution is 1.42. The molecule has 0 aromatic heterocycles. The Morgan fingerprint density at radius 3 is 1.73 bits per heavy atom. The third-order valence-electron chi connectivity index (χ3n) is 7.00. The summed E-state index contributed by atoms with van der Waals surface area (Å²) in [5.41, 5.74) is 13.4. The second-order valence-electron chi connectivity index (χ2n) is 8.80. The first-order valence-electron chi connectivity index (χ1n) is 11.6. The smallest absolute Gasteiger partial charge is 0.000753 e. The molecule has 0 N–H and O–H groups in total. The van der Waals surface area contributed by atoms with Crippen molar-refractivity contribution in [3.63, 3.8) is 0 Å². The van der Waals surface area contributed by atoms with E-state index in [1.807, 2.05) is 0 Å². The van der Waals surface area contributed by atoms with Crippen LogP contribution in [0.1, 0.15) is 23.1 Å². The SMILES string of the molecule is C1=Cc2cccc3c2C(=CC1)c1c-3c(-c2ccccc2)c2ccccc2c1-c1ccccc1. The van der Waals surface area contributed by atoms with Gasteiger partial charge in [0.1, 0.15) is 0 Å². The Balaban J connectivity index is 1.75.